The van der Waals surface area contributed by atoms with Gasteiger partial charge in [-0.2, -0.15) is 0 Å². The summed E-state index contributed by atoms with van der Waals surface area (Å²) >= 11 is 0. The van der Waals surface area contributed by atoms with Gasteiger partial charge in [0, 0.05) is 5.69 Å². The average molecular weight is 356 g/mol. The van der Waals surface area contributed by atoms with E-state index in [9.17, 15) is 14.7 Å². The molecular formula is C20H24N2O4. The summed E-state index contributed by atoms with van der Waals surface area (Å²) in [6, 6.07) is 15.4. The number of aliphatic carboxylic acids is 1. The summed E-state index contributed by atoms with van der Waals surface area (Å²) in [6.07, 6.45) is -0.135. The molecule has 0 fully saturated rings. The van der Waals surface area contributed by atoms with Gasteiger partial charge in [-0.3, -0.25) is 9.59 Å². The van der Waals surface area contributed by atoms with Crippen molar-refractivity contribution in [3.05, 3.63) is 54.6 Å². The van der Waals surface area contributed by atoms with E-state index in [1.807, 2.05) is 44.2 Å². The summed E-state index contributed by atoms with van der Waals surface area (Å²) < 4.78 is 5.69. The molecule has 3 N–H and O–H groups in total. The highest BCUT2D eigenvalue weighted by Gasteiger charge is 2.21. The molecule has 0 spiro atoms. The van der Waals surface area contributed by atoms with Crippen molar-refractivity contribution in [3.63, 3.8) is 0 Å². The molecule has 0 heterocycles. The predicted octanol–water partition coefficient (Wildman–Crippen LogP) is 3.51. The van der Waals surface area contributed by atoms with Crippen molar-refractivity contribution >= 4 is 17.6 Å². The van der Waals surface area contributed by atoms with Gasteiger partial charge in [0.25, 0.3) is 0 Å². The topological polar surface area (TPSA) is 87.7 Å². The second kappa shape index (κ2) is 9.58. The summed E-state index contributed by atoms with van der Waals surface area (Å²) in [6.45, 7) is 4.49. The van der Waals surface area contributed by atoms with Gasteiger partial charge in [-0.05, 0) is 48.9 Å². The van der Waals surface area contributed by atoms with Crippen molar-refractivity contribution in [1.82, 2.24) is 5.32 Å². The first kappa shape index (κ1) is 19.5. The van der Waals surface area contributed by atoms with Crippen LogP contribution in [0.3, 0.4) is 0 Å². The molecule has 0 aliphatic rings. The lowest BCUT2D eigenvalue weighted by molar-refractivity contribution is -0.141. The molecule has 0 bridgehead atoms. The van der Waals surface area contributed by atoms with Crippen LogP contribution in [0.5, 0.6) is 11.5 Å². The number of carbonyl (C=O) groups excluding carboxylic acids is 1. The van der Waals surface area contributed by atoms with E-state index >= 15 is 0 Å². The Bertz CT molecular complexity index is 714. The van der Waals surface area contributed by atoms with Crippen LogP contribution in [0.15, 0.2) is 54.6 Å². The van der Waals surface area contributed by atoms with Gasteiger partial charge in [-0.25, -0.2) is 0 Å². The lowest BCUT2D eigenvalue weighted by atomic mass is 10.1. The van der Waals surface area contributed by atoms with E-state index < -0.39 is 12.0 Å². The number of rotatable bonds is 9. The van der Waals surface area contributed by atoms with Crippen molar-refractivity contribution < 1.29 is 19.4 Å². The van der Waals surface area contributed by atoms with Gasteiger partial charge in [0.05, 0.1) is 6.42 Å². The first-order chi connectivity index (χ1) is 12.4. The van der Waals surface area contributed by atoms with E-state index in [1.165, 1.54) is 0 Å². The van der Waals surface area contributed by atoms with E-state index in [4.69, 9.17) is 4.74 Å². The number of benzene rings is 2. The molecule has 6 heteroatoms. The van der Waals surface area contributed by atoms with Gasteiger partial charge in [0.2, 0.25) is 5.91 Å². The van der Waals surface area contributed by atoms with E-state index in [-0.39, 0.29) is 12.3 Å². The van der Waals surface area contributed by atoms with Gasteiger partial charge in [-0.1, -0.05) is 32.0 Å². The molecule has 0 saturated carbocycles. The highest BCUT2D eigenvalue weighted by Crippen LogP contribution is 2.22. The third-order valence-corrected chi connectivity index (χ3v) is 3.58. The first-order valence-corrected chi connectivity index (χ1v) is 8.53. The zero-order valence-electron chi connectivity index (χ0n) is 14.9. The number of hydrogen-bond acceptors (Lipinski definition) is 4. The minimum Gasteiger partial charge on any atom is -0.480 e. The fraction of sp³-hybridized carbons (Fsp3) is 0.300. The quantitative estimate of drug-likeness (QED) is 0.640. The summed E-state index contributed by atoms with van der Waals surface area (Å²) in [7, 11) is 0. The highest BCUT2D eigenvalue weighted by molar-refractivity contribution is 5.94. The summed E-state index contributed by atoms with van der Waals surface area (Å²) in [5, 5.41) is 14.8. The maximum absolute atomic E-state index is 12.1. The second-order valence-electron chi connectivity index (χ2n) is 6.38. The third-order valence-electron chi connectivity index (χ3n) is 3.58. The largest absolute Gasteiger partial charge is 0.480 e. The van der Waals surface area contributed by atoms with Crippen LogP contribution in [0, 0.1) is 5.92 Å². The molecule has 0 aliphatic heterocycles. The Morgan fingerprint density at radius 2 is 1.62 bits per heavy atom. The number of carbonyl (C=O) groups is 2. The van der Waals surface area contributed by atoms with Crippen LogP contribution >= 0.6 is 0 Å². The number of para-hydroxylation sites is 1. The van der Waals surface area contributed by atoms with E-state index in [2.05, 4.69) is 10.6 Å². The molecule has 0 aromatic heterocycles. The Balaban J connectivity index is 1.89. The molecule has 138 valence electrons. The minimum atomic E-state index is -1.03. The number of anilines is 1. The maximum Gasteiger partial charge on any atom is 0.321 e. The zero-order valence-corrected chi connectivity index (χ0v) is 14.9. The Labute approximate surface area is 153 Å². The fourth-order valence-corrected chi connectivity index (χ4v) is 2.25. The van der Waals surface area contributed by atoms with E-state index in [0.717, 1.165) is 5.75 Å². The summed E-state index contributed by atoms with van der Waals surface area (Å²) in [4.78, 5) is 23.4. The molecule has 0 aliphatic carbocycles. The number of hydrogen-bond donors (Lipinski definition) is 3. The molecular weight excluding hydrogens is 332 g/mol. The van der Waals surface area contributed by atoms with Gasteiger partial charge in [0.15, 0.2) is 0 Å². The standard InChI is InChI=1S/C20H24N2O4/c1-14(2)13-21-18(20(24)25)12-19(23)22-15-8-10-17(11-9-15)26-16-6-4-3-5-7-16/h3-11,14,18,21H,12-13H2,1-2H3,(H,22,23)(H,24,25). The third kappa shape index (κ3) is 6.57. The number of carboxylic acids is 1. The van der Waals surface area contributed by atoms with Gasteiger partial charge < -0.3 is 20.5 Å². The molecule has 0 saturated heterocycles. The monoisotopic (exact) mass is 356 g/mol. The first-order valence-electron chi connectivity index (χ1n) is 8.53. The predicted molar refractivity (Wildman–Crippen MR) is 100 cm³/mol. The second-order valence-corrected chi connectivity index (χ2v) is 6.38. The average Bonchev–Trinajstić information content (AvgIpc) is 2.61. The number of ether oxygens (including phenoxy) is 1. The van der Waals surface area contributed by atoms with Crippen molar-refractivity contribution in [2.75, 3.05) is 11.9 Å². The van der Waals surface area contributed by atoms with Crippen molar-refractivity contribution in [2.24, 2.45) is 5.92 Å². The number of carboxylic acid groups (broad SMARTS) is 1. The molecule has 1 amide bonds. The zero-order chi connectivity index (χ0) is 18.9. The van der Waals surface area contributed by atoms with E-state index in [0.29, 0.717) is 23.9 Å². The molecule has 2 aromatic rings. The smallest absolute Gasteiger partial charge is 0.321 e. The fourth-order valence-electron chi connectivity index (χ4n) is 2.25. The number of amides is 1. The van der Waals surface area contributed by atoms with E-state index in [1.54, 1.807) is 24.3 Å². The Morgan fingerprint density at radius 1 is 1.00 bits per heavy atom. The van der Waals surface area contributed by atoms with Gasteiger partial charge in [0.1, 0.15) is 17.5 Å². The Kier molecular flexibility index (Phi) is 7.17. The van der Waals surface area contributed by atoms with Crippen molar-refractivity contribution in [3.8, 4) is 11.5 Å². The van der Waals surface area contributed by atoms with Crippen LogP contribution in [0.1, 0.15) is 20.3 Å². The van der Waals surface area contributed by atoms with Gasteiger partial charge in [-0.15, -0.1) is 0 Å². The van der Waals surface area contributed by atoms with Crippen LogP contribution in [0.4, 0.5) is 5.69 Å². The van der Waals surface area contributed by atoms with Crippen LogP contribution < -0.4 is 15.4 Å². The molecule has 1 unspecified atom stereocenters. The van der Waals surface area contributed by atoms with Crippen molar-refractivity contribution in [1.29, 1.82) is 0 Å². The molecule has 26 heavy (non-hydrogen) atoms. The normalized spacial score (nSPS) is 11.8. The Morgan fingerprint density at radius 3 is 2.19 bits per heavy atom. The molecule has 6 nitrogen and oxygen atoms in total. The number of nitrogens with one attached hydrogen (secondary N) is 2. The van der Waals surface area contributed by atoms with Gasteiger partial charge >= 0.3 is 5.97 Å². The minimum absolute atomic E-state index is 0.135. The highest BCUT2D eigenvalue weighted by atomic mass is 16.5. The van der Waals surface area contributed by atoms with Crippen LogP contribution in [0.2, 0.25) is 0 Å². The lowest BCUT2D eigenvalue weighted by Crippen LogP contribution is -2.41. The van der Waals surface area contributed by atoms with Crippen LogP contribution in [0.25, 0.3) is 0 Å². The molecule has 2 aromatic carbocycles. The summed E-state index contributed by atoms with van der Waals surface area (Å²) in [5.41, 5.74) is 0.586. The summed E-state index contributed by atoms with van der Waals surface area (Å²) in [5.74, 6) is 0.288. The molecule has 2 rings (SSSR count). The lowest BCUT2D eigenvalue weighted by Gasteiger charge is -2.16. The molecule has 1 atom stereocenters. The van der Waals surface area contributed by atoms with Crippen molar-refractivity contribution in [2.45, 2.75) is 26.3 Å². The Hall–Kier alpha value is -2.86. The van der Waals surface area contributed by atoms with Crippen LogP contribution in [-0.4, -0.2) is 29.6 Å². The molecule has 0 radical (unpaired) electrons. The van der Waals surface area contributed by atoms with Crippen LogP contribution in [-0.2, 0) is 9.59 Å². The SMILES string of the molecule is CC(C)CNC(CC(=O)Nc1ccc(Oc2ccccc2)cc1)C(=O)O. The maximum atomic E-state index is 12.1.